The lowest BCUT2D eigenvalue weighted by molar-refractivity contribution is -0.142. The van der Waals surface area contributed by atoms with Crippen molar-refractivity contribution in [3.8, 4) is 17.2 Å². The molecule has 0 bridgehead atoms. The summed E-state index contributed by atoms with van der Waals surface area (Å²) in [5.74, 6) is -4.60. The highest BCUT2D eigenvalue weighted by Gasteiger charge is 2.32. The molecule has 23 heteroatoms. The maximum atomic E-state index is 13.7. The van der Waals surface area contributed by atoms with E-state index in [-0.39, 0.29) is 43.8 Å². The summed E-state index contributed by atoms with van der Waals surface area (Å²) >= 11 is 8.31. The molecule has 77 heavy (non-hydrogen) atoms. The van der Waals surface area contributed by atoms with Gasteiger partial charge >= 0.3 is 5.97 Å². The molecule has 0 aliphatic carbocycles. The lowest BCUT2D eigenvalue weighted by atomic mass is 10.0. The van der Waals surface area contributed by atoms with Crippen molar-refractivity contribution in [1.29, 1.82) is 0 Å². The fourth-order valence-electron chi connectivity index (χ4n) is 8.23. The Labute approximate surface area is 505 Å². The lowest BCUT2D eigenvalue weighted by Crippen LogP contribution is -2.59. The zero-order chi connectivity index (χ0) is 57.2. The monoisotopic (exact) mass is 1520 g/mol. The molecule has 12 N–H and O–H groups in total. The van der Waals surface area contributed by atoms with E-state index in [1.807, 2.05) is 71.2 Å². The number of aromatic hydroxyl groups is 1. The van der Waals surface area contributed by atoms with Crippen LogP contribution in [0.2, 0.25) is 0 Å². The molecule has 1 unspecified atom stereocenters. The van der Waals surface area contributed by atoms with E-state index in [9.17, 15) is 53.7 Å². The molecule has 3 aromatic rings. The second kappa shape index (κ2) is 35.5. The van der Waals surface area contributed by atoms with Crippen molar-refractivity contribution in [2.45, 2.75) is 173 Å². The summed E-state index contributed by atoms with van der Waals surface area (Å²) in [4.78, 5) is 102. The van der Waals surface area contributed by atoms with E-state index in [4.69, 9.17) is 16.2 Å². The summed E-state index contributed by atoms with van der Waals surface area (Å²) in [6.07, 6.45) is 9.75. The zero-order valence-electron chi connectivity index (χ0n) is 43.6. The van der Waals surface area contributed by atoms with E-state index in [0.29, 0.717) is 42.6 Å². The van der Waals surface area contributed by atoms with Crippen LogP contribution in [0, 0.1) is 20.2 Å². The molecule has 0 radical (unpaired) electrons. The van der Waals surface area contributed by atoms with Crippen molar-refractivity contribution < 1.29 is 58.4 Å². The number of nitrogens with one attached hydrogen (secondary N) is 5. The van der Waals surface area contributed by atoms with E-state index in [0.717, 1.165) is 71.3 Å². The number of primary amides is 2. The molecule has 0 aliphatic rings. The molecule has 3 aromatic carbocycles. The highest BCUT2D eigenvalue weighted by Crippen LogP contribution is 2.37. The first-order valence-corrected chi connectivity index (χ1v) is 30.1. The number of phenolic OH excluding ortho intramolecular Hbond substituents is 1. The van der Waals surface area contributed by atoms with Gasteiger partial charge in [-0.1, -0.05) is 108 Å². The Morgan fingerprint density at radius 1 is 0.558 bits per heavy atom. The second-order valence-corrected chi connectivity index (χ2v) is 24.1. The molecular formula is C54H73I4N7O12. The van der Waals surface area contributed by atoms with Gasteiger partial charge in [0.25, 0.3) is 0 Å². The van der Waals surface area contributed by atoms with Crippen LogP contribution in [0.25, 0.3) is 0 Å². The van der Waals surface area contributed by atoms with Crippen molar-refractivity contribution in [2.75, 3.05) is 0 Å². The number of rotatable bonds is 36. The number of unbranched alkanes of at least 4 members (excludes halogenated alkanes) is 11. The Balaban J connectivity index is 1.34. The van der Waals surface area contributed by atoms with Gasteiger partial charge < -0.3 is 58.1 Å². The lowest BCUT2D eigenvalue weighted by Gasteiger charge is -2.27. The number of aliphatic carboxylic acids is 1. The minimum atomic E-state index is -1.32. The number of carboxylic acids is 1. The number of amides is 7. The first kappa shape index (κ1) is 67.2. The molecule has 0 aliphatic heterocycles. The molecule has 19 nitrogen and oxygen atoms in total. The molecule has 0 aromatic heterocycles. The van der Waals surface area contributed by atoms with Crippen LogP contribution in [0.15, 0.2) is 54.6 Å². The minimum absolute atomic E-state index is 0.0281. The third-order valence-electron chi connectivity index (χ3n) is 12.3. The van der Waals surface area contributed by atoms with Crippen LogP contribution >= 0.6 is 90.4 Å². The van der Waals surface area contributed by atoms with Crippen molar-refractivity contribution in [1.82, 2.24) is 26.6 Å². The number of nitrogens with two attached hydrogens (primary N) is 2. The van der Waals surface area contributed by atoms with Crippen LogP contribution in [0.1, 0.15) is 135 Å². The number of phenols is 1. The van der Waals surface area contributed by atoms with Crippen molar-refractivity contribution in [2.24, 2.45) is 17.4 Å². The molecule has 3 rings (SSSR count). The molecule has 0 spiro atoms. The van der Waals surface area contributed by atoms with Crippen LogP contribution in [-0.4, -0.2) is 99.0 Å². The number of benzene rings is 3. The number of carbonyl (C=O) groups excluding carboxylic acids is 7. The van der Waals surface area contributed by atoms with Crippen molar-refractivity contribution >= 4 is 138 Å². The maximum absolute atomic E-state index is 13.7. The van der Waals surface area contributed by atoms with Gasteiger partial charge in [-0.05, 0) is 158 Å². The number of halogens is 4. The van der Waals surface area contributed by atoms with Crippen LogP contribution in [0.3, 0.4) is 0 Å². The molecule has 0 saturated carbocycles. The largest absolute Gasteiger partial charge is 0.506 e. The fraction of sp³-hybridized carbons (Fsp3) is 0.519. The van der Waals surface area contributed by atoms with Crippen molar-refractivity contribution in [3.63, 3.8) is 0 Å². The topological polar surface area (TPSA) is 319 Å². The highest BCUT2D eigenvalue weighted by molar-refractivity contribution is 14.1. The van der Waals surface area contributed by atoms with E-state index in [1.165, 1.54) is 6.92 Å². The Bertz CT molecular complexity index is 2420. The number of carboxylic acid groups (broad SMARTS) is 1. The van der Waals surface area contributed by atoms with Gasteiger partial charge in [0.15, 0.2) is 5.75 Å². The van der Waals surface area contributed by atoms with E-state index >= 15 is 0 Å². The third-order valence-corrected chi connectivity index (χ3v) is 15.5. The summed E-state index contributed by atoms with van der Waals surface area (Å²) < 4.78 is 8.92. The third kappa shape index (κ3) is 25.7. The molecule has 0 fully saturated rings. The summed E-state index contributed by atoms with van der Waals surface area (Å²) in [6.45, 7) is 5.12. The van der Waals surface area contributed by atoms with E-state index in [1.54, 1.807) is 42.5 Å². The number of hydrogen-bond acceptors (Lipinski definition) is 11. The van der Waals surface area contributed by atoms with Gasteiger partial charge in [-0.3, -0.25) is 33.6 Å². The number of aliphatic hydroxyl groups is 1. The van der Waals surface area contributed by atoms with Gasteiger partial charge in [-0.25, -0.2) is 4.79 Å². The van der Waals surface area contributed by atoms with E-state index < -0.39 is 90.1 Å². The maximum Gasteiger partial charge on any atom is 0.326 e. The predicted molar refractivity (Wildman–Crippen MR) is 325 cm³/mol. The highest BCUT2D eigenvalue weighted by atomic mass is 127. The van der Waals surface area contributed by atoms with Gasteiger partial charge in [-0.2, -0.15) is 0 Å². The van der Waals surface area contributed by atoms with E-state index in [2.05, 4.69) is 71.8 Å². The quantitative estimate of drug-likeness (QED) is 0.0205. The van der Waals surface area contributed by atoms with Crippen molar-refractivity contribution in [3.05, 3.63) is 80.0 Å². The number of ether oxygens (including phenoxy) is 1. The fourth-order valence-corrected chi connectivity index (χ4v) is 12.1. The predicted octanol–water partition coefficient (Wildman–Crippen LogP) is 7.15. The smallest absolute Gasteiger partial charge is 0.326 e. The Kier molecular flexibility index (Phi) is 31.0. The first-order valence-electron chi connectivity index (χ1n) is 25.8. The summed E-state index contributed by atoms with van der Waals surface area (Å²) in [5.41, 5.74) is 12.5. The molecule has 7 amide bonds. The van der Waals surface area contributed by atoms with Gasteiger partial charge in [0, 0.05) is 25.7 Å². The minimum Gasteiger partial charge on any atom is -0.506 e. The zero-order valence-corrected chi connectivity index (χ0v) is 52.3. The Hall–Kier alpha value is -4.10. The first-order chi connectivity index (χ1) is 36.4. The van der Waals surface area contributed by atoms with Crippen LogP contribution in [-0.2, 0) is 51.2 Å². The average molecular weight is 1520 g/mol. The molecule has 424 valence electrons. The van der Waals surface area contributed by atoms with Gasteiger partial charge in [0.1, 0.15) is 41.7 Å². The molecule has 6 atom stereocenters. The summed E-state index contributed by atoms with van der Waals surface area (Å²) in [7, 11) is 0. The Morgan fingerprint density at radius 3 is 1.48 bits per heavy atom. The average Bonchev–Trinajstić information content (AvgIpc) is 3.35. The van der Waals surface area contributed by atoms with Crippen LogP contribution in [0.5, 0.6) is 17.2 Å². The molecule has 0 heterocycles. The number of aliphatic hydroxyl groups excluding tert-OH is 1. The normalized spacial score (nSPS) is 13.5. The second-order valence-electron chi connectivity index (χ2n) is 19.5. The molecule has 0 saturated heterocycles. The molecular weight excluding hydrogens is 1450 g/mol. The number of carbonyl (C=O) groups is 8. The SMILES string of the molecule is CC(C)C[C@H](NC(=O)[C@@H](NC(=O)CCCCCCCCCCCCCCC(=O)N[C@@H](CC(N)=O)C(=O)N[C@@H](Cc1ccccc1)C(=O)O)C(C)O)C(=O)N[C@@H](Cc1cc(I)c(Oc2cc(I)c(O)c(I)c2)c(I)c1)C(N)=O. The van der Waals surface area contributed by atoms with Gasteiger partial charge in [-0.15, -0.1) is 0 Å². The number of hydrogen-bond donors (Lipinski definition) is 10. The Morgan fingerprint density at radius 2 is 1.01 bits per heavy atom. The summed E-state index contributed by atoms with van der Waals surface area (Å²) in [6, 6.07) is 9.76. The van der Waals surface area contributed by atoms with Gasteiger partial charge in [0.05, 0.1) is 26.8 Å². The van der Waals surface area contributed by atoms with Crippen LogP contribution < -0.4 is 42.8 Å². The van der Waals surface area contributed by atoms with Crippen LogP contribution in [0.4, 0.5) is 0 Å². The summed E-state index contributed by atoms with van der Waals surface area (Å²) in [5, 5.41) is 43.3. The standard InChI is InChI=1S/C54H73I4N7O12/c1-31(2)23-41(51(72)62-40(50(60)71)27-34-24-38(57)49(39(58)25-34)77-35-28-36(55)48(70)37(56)29-35)63-53(74)47(32(3)66)65-46(69)22-18-13-11-9-7-5-4-6-8-10-12-17-21-45(68)61-42(30-44(59)67)52(73)64-43(54(75)76)26-33-19-15-14-16-20-33/h14-16,19-20,24-25,28-29,31-32,40-43,47,66,70H,4-13,17-18,21-23,26-27,30H2,1-3H3,(H2,59,67)(H2,60,71)(H,61,68)(H,62,72)(H,63,74)(H,64,73)(H,65,69)(H,75,76)/t32?,40-,41-,42-,43-,47-/m0/s1. The van der Waals surface area contributed by atoms with Gasteiger partial charge in [0.2, 0.25) is 41.4 Å².